The topological polar surface area (TPSA) is 56.7 Å². The molecule has 0 saturated heterocycles. The van der Waals surface area contributed by atoms with Gasteiger partial charge in [-0.05, 0) is 25.8 Å². The highest BCUT2D eigenvalue weighted by Crippen LogP contribution is 2.04. The molecule has 92 valence electrons. The summed E-state index contributed by atoms with van der Waals surface area (Å²) < 4.78 is 1.96. The molecule has 2 N–H and O–H groups in total. The molecule has 0 radical (unpaired) electrons. The monoisotopic (exact) mass is 224 g/mol. The summed E-state index contributed by atoms with van der Waals surface area (Å²) in [5.74, 6) is 0. The van der Waals surface area contributed by atoms with Crippen molar-refractivity contribution in [3.8, 4) is 0 Å². The van der Waals surface area contributed by atoms with E-state index in [4.69, 9.17) is 5.73 Å². The van der Waals surface area contributed by atoms with E-state index in [0.717, 1.165) is 31.6 Å². The minimum absolute atomic E-state index is 0.726. The third kappa shape index (κ3) is 5.26. The van der Waals surface area contributed by atoms with Gasteiger partial charge in [0.2, 0.25) is 0 Å². The van der Waals surface area contributed by atoms with E-state index >= 15 is 0 Å². The van der Waals surface area contributed by atoms with E-state index < -0.39 is 0 Å². The molecule has 0 unspecified atom stereocenters. The van der Waals surface area contributed by atoms with E-state index in [0.29, 0.717) is 0 Å². The van der Waals surface area contributed by atoms with Gasteiger partial charge in [0.25, 0.3) is 0 Å². The Bertz CT molecular complexity index is 270. The fourth-order valence-corrected chi connectivity index (χ4v) is 1.72. The standard InChI is InChI=1S/C12H24N4/c1-2-3-4-5-6-10-16-11-12(14-15-16)8-7-9-13/h11H,2-10,13H2,1H3. The molecule has 1 aromatic rings. The molecule has 0 amide bonds. The normalized spacial score (nSPS) is 10.9. The zero-order valence-corrected chi connectivity index (χ0v) is 10.4. The highest BCUT2D eigenvalue weighted by atomic mass is 15.4. The second-order valence-corrected chi connectivity index (χ2v) is 4.28. The number of aryl methyl sites for hydroxylation is 2. The minimum Gasteiger partial charge on any atom is -0.330 e. The van der Waals surface area contributed by atoms with Crippen molar-refractivity contribution in [2.75, 3.05) is 6.54 Å². The fourth-order valence-electron chi connectivity index (χ4n) is 1.72. The molecule has 4 heteroatoms. The highest BCUT2D eigenvalue weighted by Gasteiger charge is 1.99. The molecule has 0 bridgehead atoms. The summed E-state index contributed by atoms with van der Waals surface area (Å²) in [4.78, 5) is 0. The Morgan fingerprint density at radius 2 is 2.00 bits per heavy atom. The average molecular weight is 224 g/mol. The first-order chi connectivity index (χ1) is 7.86. The maximum Gasteiger partial charge on any atom is 0.0827 e. The lowest BCUT2D eigenvalue weighted by Gasteiger charge is -1.99. The van der Waals surface area contributed by atoms with E-state index in [-0.39, 0.29) is 0 Å². The van der Waals surface area contributed by atoms with Crippen LogP contribution < -0.4 is 5.73 Å². The van der Waals surface area contributed by atoms with Crippen LogP contribution in [0.4, 0.5) is 0 Å². The minimum atomic E-state index is 0.726. The van der Waals surface area contributed by atoms with Gasteiger partial charge in [0.1, 0.15) is 0 Å². The van der Waals surface area contributed by atoms with Crippen molar-refractivity contribution < 1.29 is 0 Å². The lowest BCUT2D eigenvalue weighted by molar-refractivity contribution is 0.521. The first kappa shape index (κ1) is 13.2. The third-order valence-electron chi connectivity index (χ3n) is 2.71. The van der Waals surface area contributed by atoms with Gasteiger partial charge in [0.15, 0.2) is 0 Å². The van der Waals surface area contributed by atoms with Gasteiger partial charge in [-0.2, -0.15) is 0 Å². The highest BCUT2D eigenvalue weighted by molar-refractivity contribution is 4.92. The second-order valence-electron chi connectivity index (χ2n) is 4.28. The summed E-state index contributed by atoms with van der Waals surface area (Å²) in [5.41, 5.74) is 6.52. The number of rotatable bonds is 9. The Labute approximate surface area is 98.2 Å². The molecule has 4 nitrogen and oxygen atoms in total. The van der Waals surface area contributed by atoms with E-state index in [2.05, 4.69) is 23.4 Å². The summed E-state index contributed by atoms with van der Waals surface area (Å²) in [6, 6.07) is 0. The van der Waals surface area contributed by atoms with Crippen LogP contribution in [-0.2, 0) is 13.0 Å². The first-order valence-electron chi connectivity index (χ1n) is 6.46. The van der Waals surface area contributed by atoms with Crippen molar-refractivity contribution in [3.05, 3.63) is 11.9 Å². The SMILES string of the molecule is CCCCCCCn1cc(CCCN)nn1. The van der Waals surface area contributed by atoms with Gasteiger partial charge >= 0.3 is 0 Å². The van der Waals surface area contributed by atoms with Gasteiger partial charge in [-0.3, -0.25) is 4.68 Å². The van der Waals surface area contributed by atoms with Crippen LogP contribution in [0.15, 0.2) is 6.20 Å². The molecule has 1 heterocycles. The van der Waals surface area contributed by atoms with Gasteiger partial charge in [-0.15, -0.1) is 5.10 Å². The first-order valence-corrected chi connectivity index (χ1v) is 6.46. The van der Waals surface area contributed by atoms with Crippen molar-refractivity contribution in [1.82, 2.24) is 15.0 Å². The molecule has 0 aliphatic heterocycles. The zero-order chi connectivity index (χ0) is 11.6. The van der Waals surface area contributed by atoms with Crippen LogP contribution in [0.5, 0.6) is 0 Å². The van der Waals surface area contributed by atoms with Crippen molar-refractivity contribution >= 4 is 0 Å². The van der Waals surface area contributed by atoms with Crippen molar-refractivity contribution in [2.45, 2.75) is 58.4 Å². The Hall–Kier alpha value is -0.900. The third-order valence-corrected chi connectivity index (χ3v) is 2.71. The molecule has 0 aromatic carbocycles. The zero-order valence-electron chi connectivity index (χ0n) is 10.4. The largest absolute Gasteiger partial charge is 0.330 e. The second kappa shape index (κ2) is 8.28. The molecule has 0 aliphatic carbocycles. The fraction of sp³-hybridized carbons (Fsp3) is 0.833. The Kier molecular flexibility index (Phi) is 6.81. The molecule has 1 aromatic heterocycles. The number of nitrogens with two attached hydrogens (primary N) is 1. The van der Waals surface area contributed by atoms with Crippen LogP contribution in [0.1, 0.15) is 51.1 Å². The maximum atomic E-state index is 5.45. The summed E-state index contributed by atoms with van der Waals surface area (Å²) >= 11 is 0. The summed E-state index contributed by atoms with van der Waals surface area (Å²) in [6.07, 6.45) is 10.5. The van der Waals surface area contributed by atoms with Crippen LogP contribution in [-0.4, -0.2) is 21.5 Å². The average Bonchev–Trinajstić information content (AvgIpc) is 2.74. The van der Waals surface area contributed by atoms with E-state index in [1.165, 1.54) is 32.1 Å². The number of aromatic nitrogens is 3. The molecule has 1 rings (SSSR count). The molecule has 0 atom stereocenters. The van der Waals surface area contributed by atoms with E-state index in [9.17, 15) is 0 Å². The van der Waals surface area contributed by atoms with E-state index in [1.807, 2.05) is 4.68 Å². The number of nitrogens with zero attached hydrogens (tertiary/aromatic N) is 3. The quantitative estimate of drug-likeness (QED) is 0.654. The Morgan fingerprint density at radius 1 is 1.19 bits per heavy atom. The predicted molar refractivity (Wildman–Crippen MR) is 66.2 cm³/mol. The van der Waals surface area contributed by atoms with Crippen molar-refractivity contribution in [3.63, 3.8) is 0 Å². The molecule has 0 fully saturated rings. The molecular formula is C12H24N4. The van der Waals surface area contributed by atoms with Crippen molar-refractivity contribution in [2.24, 2.45) is 5.73 Å². The number of hydrogen-bond donors (Lipinski definition) is 1. The summed E-state index contributed by atoms with van der Waals surface area (Å²) in [6.45, 7) is 3.96. The van der Waals surface area contributed by atoms with Gasteiger partial charge in [-0.25, -0.2) is 0 Å². The summed E-state index contributed by atoms with van der Waals surface area (Å²) in [7, 11) is 0. The lowest BCUT2D eigenvalue weighted by Crippen LogP contribution is -2.00. The molecule has 0 spiro atoms. The number of hydrogen-bond acceptors (Lipinski definition) is 3. The van der Waals surface area contributed by atoms with Gasteiger partial charge in [-0.1, -0.05) is 37.8 Å². The Morgan fingerprint density at radius 3 is 2.75 bits per heavy atom. The lowest BCUT2D eigenvalue weighted by atomic mass is 10.1. The smallest absolute Gasteiger partial charge is 0.0827 e. The number of unbranched alkanes of at least 4 members (excludes halogenated alkanes) is 4. The van der Waals surface area contributed by atoms with Crippen LogP contribution >= 0.6 is 0 Å². The maximum absolute atomic E-state index is 5.45. The summed E-state index contributed by atoms with van der Waals surface area (Å²) in [5, 5.41) is 8.24. The van der Waals surface area contributed by atoms with E-state index in [1.54, 1.807) is 0 Å². The van der Waals surface area contributed by atoms with Gasteiger partial charge in [0.05, 0.1) is 5.69 Å². The molecular weight excluding hydrogens is 200 g/mol. The van der Waals surface area contributed by atoms with Crippen LogP contribution in [0.25, 0.3) is 0 Å². The molecule has 0 aliphatic rings. The Balaban J connectivity index is 2.14. The van der Waals surface area contributed by atoms with Gasteiger partial charge < -0.3 is 5.73 Å². The van der Waals surface area contributed by atoms with Gasteiger partial charge in [0, 0.05) is 12.7 Å². The van der Waals surface area contributed by atoms with Crippen LogP contribution in [0.3, 0.4) is 0 Å². The molecule has 0 saturated carbocycles. The van der Waals surface area contributed by atoms with Crippen LogP contribution in [0.2, 0.25) is 0 Å². The molecule has 16 heavy (non-hydrogen) atoms. The predicted octanol–water partition coefficient (Wildman–Crippen LogP) is 2.14. The van der Waals surface area contributed by atoms with Crippen LogP contribution in [0, 0.1) is 0 Å². The van der Waals surface area contributed by atoms with Crippen molar-refractivity contribution in [1.29, 1.82) is 0 Å².